The second-order valence-corrected chi connectivity index (χ2v) is 6.69. The lowest BCUT2D eigenvalue weighted by atomic mass is 9.86. The molecular weight excluding hydrogens is 339 g/mol. The zero-order valence-corrected chi connectivity index (χ0v) is 14.7. The molecule has 1 N–H and O–H groups in total. The standard InChI is InChI=1S/C16H20Cl2N2O3/c1-9-5-3-4-6-13(9)20-15(21)10(2)23-16(22)11-7-12(17)14(18)19-8-11/h7-10,13H,3-6H2,1-2H3,(H,20,21)/t9-,10-,13-/m1/s1. The SMILES string of the molecule is C[C@@H]1CCCC[C@H]1NC(=O)[C@@H](C)OC(=O)c1cnc(Cl)c(Cl)c1. The van der Waals surface area contributed by atoms with E-state index in [2.05, 4.69) is 17.2 Å². The molecule has 23 heavy (non-hydrogen) atoms. The molecule has 0 bridgehead atoms. The Kier molecular flexibility index (Phi) is 6.25. The minimum atomic E-state index is -0.883. The quantitative estimate of drug-likeness (QED) is 0.659. The van der Waals surface area contributed by atoms with Gasteiger partial charge in [0.25, 0.3) is 5.91 Å². The molecule has 1 amide bonds. The minimum absolute atomic E-state index is 0.111. The molecule has 1 aliphatic carbocycles. The molecule has 0 aromatic carbocycles. The van der Waals surface area contributed by atoms with Crippen LogP contribution in [0, 0.1) is 5.92 Å². The summed E-state index contributed by atoms with van der Waals surface area (Å²) in [6.07, 6.45) is 4.76. The van der Waals surface area contributed by atoms with Crippen LogP contribution in [-0.4, -0.2) is 29.0 Å². The van der Waals surface area contributed by atoms with Gasteiger partial charge in [-0.05, 0) is 31.7 Å². The molecule has 3 atom stereocenters. The zero-order valence-electron chi connectivity index (χ0n) is 13.1. The summed E-state index contributed by atoms with van der Waals surface area (Å²) < 4.78 is 5.18. The first-order chi connectivity index (χ1) is 10.9. The van der Waals surface area contributed by atoms with Crippen molar-refractivity contribution >= 4 is 35.1 Å². The number of hydrogen-bond acceptors (Lipinski definition) is 4. The van der Waals surface area contributed by atoms with Gasteiger partial charge >= 0.3 is 5.97 Å². The van der Waals surface area contributed by atoms with Crippen molar-refractivity contribution < 1.29 is 14.3 Å². The fourth-order valence-corrected chi connectivity index (χ4v) is 2.92. The summed E-state index contributed by atoms with van der Waals surface area (Å²) in [6.45, 7) is 3.67. The first-order valence-corrected chi connectivity index (χ1v) is 8.46. The Labute approximate surface area is 145 Å². The predicted molar refractivity (Wildman–Crippen MR) is 88.7 cm³/mol. The molecule has 5 nitrogen and oxygen atoms in total. The van der Waals surface area contributed by atoms with Gasteiger partial charge in [0.2, 0.25) is 0 Å². The lowest BCUT2D eigenvalue weighted by Gasteiger charge is -2.30. The molecule has 1 aromatic rings. The second kappa shape index (κ2) is 7.97. The number of pyridine rings is 1. The van der Waals surface area contributed by atoms with Crippen molar-refractivity contribution in [2.75, 3.05) is 0 Å². The van der Waals surface area contributed by atoms with Crippen LogP contribution in [0.4, 0.5) is 0 Å². The van der Waals surface area contributed by atoms with Crippen molar-refractivity contribution in [1.82, 2.24) is 10.3 Å². The molecule has 0 radical (unpaired) electrons. The van der Waals surface area contributed by atoms with Crippen molar-refractivity contribution in [3.63, 3.8) is 0 Å². The fraction of sp³-hybridized carbons (Fsp3) is 0.562. The summed E-state index contributed by atoms with van der Waals surface area (Å²) in [6, 6.07) is 1.51. The van der Waals surface area contributed by atoms with E-state index in [1.54, 1.807) is 6.92 Å². The van der Waals surface area contributed by atoms with E-state index in [0.717, 1.165) is 19.3 Å². The van der Waals surface area contributed by atoms with E-state index in [1.807, 2.05) is 0 Å². The third kappa shape index (κ3) is 4.82. The van der Waals surface area contributed by atoms with E-state index in [0.29, 0.717) is 5.92 Å². The summed E-state index contributed by atoms with van der Waals surface area (Å²) in [5, 5.41) is 3.24. The Morgan fingerprint density at radius 3 is 2.70 bits per heavy atom. The molecular formula is C16H20Cl2N2O3. The smallest absolute Gasteiger partial charge is 0.340 e. The normalized spacial score (nSPS) is 22.3. The molecule has 7 heteroatoms. The number of aromatic nitrogens is 1. The number of esters is 1. The number of carbonyl (C=O) groups is 2. The van der Waals surface area contributed by atoms with Crippen LogP contribution in [0.15, 0.2) is 12.3 Å². The highest BCUT2D eigenvalue weighted by molar-refractivity contribution is 6.41. The molecule has 2 rings (SSSR count). The number of amides is 1. The van der Waals surface area contributed by atoms with Gasteiger partial charge in [-0.2, -0.15) is 0 Å². The number of nitrogens with one attached hydrogen (secondary N) is 1. The molecule has 1 aliphatic rings. The van der Waals surface area contributed by atoms with Crippen LogP contribution < -0.4 is 5.32 Å². The van der Waals surface area contributed by atoms with Gasteiger partial charge in [-0.3, -0.25) is 4.79 Å². The largest absolute Gasteiger partial charge is 0.449 e. The maximum absolute atomic E-state index is 12.2. The molecule has 0 saturated heterocycles. The molecule has 1 saturated carbocycles. The second-order valence-electron chi connectivity index (χ2n) is 5.92. The van der Waals surface area contributed by atoms with Gasteiger partial charge in [-0.15, -0.1) is 0 Å². The minimum Gasteiger partial charge on any atom is -0.449 e. The van der Waals surface area contributed by atoms with E-state index in [-0.39, 0.29) is 27.7 Å². The summed E-state index contributed by atoms with van der Waals surface area (Å²) in [5.41, 5.74) is 0.157. The van der Waals surface area contributed by atoms with Gasteiger partial charge in [-0.25, -0.2) is 9.78 Å². The number of nitrogens with zero attached hydrogens (tertiary/aromatic N) is 1. The van der Waals surface area contributed by atoms with Crippen LogP contribution in [0.25, 0.3) is 0 Å². The third-order valence-electron chi connectivity index (χ3n) is 4.12. The Morgan fingerprint density at radius 1 is 1.35 bits per heavy atom. The first kappa shape index (κ1) is 18.0. The van der Waals surface area contributed by atoms with Crippen molar-refractivity contribution in [2.24, 2.45) is 5.92 Å². The predicted octanol–water partition coefficient (Wildman–Crippen LogP) is 3.63. The van der Waals surface area contributed by atoms with Crippen molar-refractivity contribution in [3.8, 4) is 0 Å². The van der Waals surface area contributed by atoms with Gasteiger partial charge in [0.15, 0.2) is 6.10 Å². The monoisotopic (exact) mass is 358 g/mol. The number of rotatable bonds is 4. The molecule has 1 heterocycles. The Bertz CT molecular complexity index is 595. The van der Waals surface area contributed by atoms with E-state index in [4.69, 9.17) is 27.9 Å². The Hall–Kier alpha value is -1.33. The van der Waals surface area contributed by atoms with Gasteiger partial charge < -0.3 is 10.1 Å². The van der Waals surface area contributed by atoms with E-state index in [9.17, 15) is 9.59 Å². The molecule has 1 aromatic heterocycles. The van der Waals surface area contributed by atoms with Gasteiger partial charge in [0.1, 0.15) is 5.15 Å². The average molecular weight is 359 g/mol. The number of hydrogen-bond donors (Lipinski definition) is 1. The van der Waals surface area contributed by atoms with Gasteiger partial charge in [0.05, 0.1) is 10.6 Å². The van der Waals surface area contributed by atoms with Crippen LogP contribution in [0.3, 0.4) is 0 Å². The lowest BCUT2D eigenvalue weighted by molar-refractivity contribution is -0.130. The maximum Gasteiger partial charge on any atom is 0.340 e. The number of halogens is 2. The van der Waals surface area contributed by atoms with Crippen molar-refractivity contribution in [1.29, 1.82) is 0 Å². The van der Waals surface area contributed by atoms with Gasteiger partial charge in [-0.1, -0.05) is 43.0 Å². The third-order valence-corrected chi connectivity index (χ3v) is 4.81. The van der Waals surface area contributed by atoms with Crippen LogP contribution in [0.2, 0.25) is 10.2 Å². The number of ether oxygens (including phenoxy) is 1. The van der Waals surface area contributed by atoms with E-state index < -0.39 is 12.1 Å². The van der Waals surface area contributed by atoms with Crippen LogP contribution >= 0.6 is 23.2 Å². The maximum atomic E-state index is 12.2. The number of carbonyl (C=O) groups excluding carboxylic acids is 2. The molecule has 0 spiro atoms. The van der Waals surface area contributed by atoms with Crippen molar-refractivity contribution in [3.05, 3.63) is 28.0 Å². The Balaban J connectivity index is 1.92. The van der Waals surface area contributed by atoms with Crippen LogP contribution in [0.5, 0.6) is 0 Å². The van der Waals surface area contributed by atoms with Crippen LogP contribution in [-0.2, 0) is 9.53 Å². The average Bonchev–Trinajstić information content (AvgIpc) is 2.52. The fourth-order valence-electron chi connectivity index (χ4n) is 2.65. The molecule has 1 fully saturated rings. The van der Waals surface area contributed by atoms with E-state index >= 15 is 0 Å². The Morgan fingerprint density at radius 2 is 2.04 bits per heavy atom. The highest BCUT2D eigenvalue weighted by atomic mass is 35.5. The summed E-state index contributed by atoms with van der Waals surface area (Å²) >= 11 is 11.5. The topological polar surface area (TPSA) is 68.3 Å². The summed E-state index contributed by atoms with van der Waals surface area (Å²) in [4.78, 5) is 28.0. The first-order valence-electron chi connectivity index (χ1n) is 7.71. The highest BCUT2D eigenvalue weighted by Crippen LogP contribution is 2.24. The van der Waals surface area contributed by atoms with E-state index in [1.165, 1.54) is 18.7 Å². The molecule has 126 valence electrons. The summed E-state index contributed by atoms with van der Waals surface area (Å²) in [7, 11) is 0. The lowest BCUT2D eigenvalue weighted by Crippen LogP contribution is -2.46. The van der Waals surface area contributed by atoms with Crippen molar-refractivity contribution in [2.45, 2.75) is 51.7 Å². The zero-order chi connectivity index (χ0) is 17.0. The summed E-state index contributed by atoms with van der Waals surface area (Å²) in [5.74, 6) is -0.504. The molecule has 0 unspecified atom stereocenters. The van der Waals surface area contributed by atoms with Gasteiger partial charge in [0, 0.05) is 12.2 Å². The molecule has 0 aliphatic heterocycles. The highest BCUT2D eigenvalue weighted by Gasteiger charge is 2.26. The van der Waals surface area contributed by atoms with Crippen LogP contribution in [0.1, 0.15) is 49.9 Å².